The van der Waals surface area contributed by atoms with Gasteiger partial charge >= 0.3 is 11.7 Å². The number of pyridine rings is 1. The van der Waals surface area contributed by atoms with Crippen LogP contribution in [-0.2, 0) is 13.1 Å². The van der Waals surface area contributed by atoms with Crippen LogP contribution in [0.4, 0.5) is 10.5 Å². The van der Waals surface area contributed by atoms with Crippen LogP contribution in [0, 0.1) is 0 Å². The lowest BCUT2D eigenvalue weighted by molar-refractivity contribution is 0.0952. The summed E-state index contributed by atoms with van der Waals surface area (Å²) in [6.45, 7) is 3.84. The molecule has 35 heavy (non-hydrogen) atoms. The van der Waals surface area contributed by atoms with E-state index in [4.69, 9.17) is 0 Å². The summed E-state index contributed by atoms with van der Waals surface area (Å²) in [6, 6.07) is 8.84. The zero-order valence-corrected chi connectivity index (χ0v) is 19.6. The van der Waals surface area contributed by atoms with Crippen molar-refractivity contribution in [1.29, 1.82) is 0 Å². The molecule has 0 atom stereocenters. The highest BCUT2D eigenvalue weighted by Gasteiger charge is 2.28. The number of hydrogen-bond acceptors (Lipinski definition) is 5. The highest BCUT2D eigenvalue weighted by molar-refractivity contribution is 6.05. The van der Waals surface area contributed by atoms with Crippen molar-refractivity contribution in [3.05, 3.63) is 68.0 Å². The number of fused-ring (bicyclic) bond motifs is 1. The molecular weight excluding hydrogens is 448 g/mol. The lowest BCUT2D eigenvalue weighted by Crippen LogP contribution is -2.33. The summed E-state index contributed by atoms with van der Waals surface area (Å²) in [5.74, 6) is -0.181. The van der Waals surface area contributed by atoms with Crippen molar-refractivity contribution in [3.8, 4) is 0 Å². The summed E-state index contributed by atoms with van der Waals surface area (Å²) >= 11 is 0. The van der Waals surface area contributed by atoms with Crippen LogP contribution in [0.1, 0.15) is 60.1 Å². The lowest BCUT2D eigenvalue weighted by Gasteiger charge is -2.16. The fraction of sp³-hybridized carbons (Fsp3) is 0.400. The van der Waals surface area contributed by atoms with Gasteiger partial charge in [0.15, 0.2) is 5.65 Å². The maximum Gasteiger partial charge on any atom is 0.329 e. The molecule has 1 saturated carbocycles. The first kappa shape index (κ1) is 22.8. The van der Waals surface area contributed by atoms with Crippen molar-refractivity contribution >= 4 is 28.7 Å². The number of urea groups is 1. The van der Waals surface area contributed by atoms with Gasteiger partial charge in [-0.3, -0.25) is 19.1 Å². The Morgan fingerprint density at radius 1 is 1.14 bits per heavy atom. The number of anilines is 1. The number of amides is 3. The van der Waals surface area contributed by atoms with E-state index < -0.39 is 17.2 Å². The molecule has 1 aliphatic carbocycles. The topological polar surface area (TPSA) is 129 Å². The number of aryl methyl sites for hydroxylation is 1. The zero-order chi connectivity index (χ0) is 24.5. The van der Waals surface area contributed by atoms with Crippen LogP contribution in [0.5, 0.6) is 0 Å². The van der Waals surface area contributed by atoms with Crippen molar-refractivity contribution in [2.45, 2.75) is 51.6 Å². The molecule has 1 aliphatic heterocycles. The van der Waals surface area contributed by atoms with Crippen LogP contribution in [0.25, 0.3) is 11.0 Å². The quantitative estimate of drug-likeness (QED) is 0.504. The third-order valence-corrected chi connectivity index (χ3v) is 6.55. The van der Waals surface area contributed by atoms with E-state index >= 15 is 0 Å². The van der Waals surface area contributed by atoms with Crippen LogP contribution in [-0.4, -0.2) is 44.5 Å². The van der Waals surface area contributed by atoms with Crippen LogP contribution < -0.4 is 21.9 Å². The maximum absolute atomic E-state index is 13.2. The second-order valence-corrected chi connectivity index (χ2v) is 9.08. The molecule has 2 aromatic heterocycles. The van der Waals surface area contributed by atoms with Crippen LogP contribution in [0.15, 0.2) is 39.9 Å². The number of nitrogens with one attached hydrogen (secondary N) is 3. The minimum Gasteiger partial charge on any atom is -0.348 e. The number of carbonyl (C=O) groups excluding carboxylic acids is 2. The summed E-state index contributed by atoms with van der Waals surface area (Å²) in [5, 5.41) is 5.90. The van der Waals surface area contributed by atoms with Crippen LogP contribution in [0.3, 0.4) is 0 Å². The second-order valence-electron chi connectivity index (χ2n) is 9.08. The van der Waals surface area contributed by atoms with Gasteiger partial charge in [0.25, 0.3) is 11.5 Å². The van der Waals surface area contributed by atoms with E-state index in [0.717, 1.165) is 50.0 Å². The Morgan fingerprint density at radius 3 is 2.63 bits per heavy atom. The Balaban J connectivity index is 1.39. The summed E-state index contributed by atoms with van der Waals surface area (Å²) in [6.07, 6.45) is 3.97. The number of aromatic nitrogens is 3. The molecule has 2 fully saturated rings. The Kier molecular flexibility index (Phi) is 6.10. The first-order valence-corrected chi connectivity index (χ1v) is 12.1. The van der Waals surface area contributed by atoms with E-state index in [0.29, 0.717) is 12.2 Å². The second kappa shape index (κ2) is 9.36. The minimum atomic E-state index is -0.624. The molecule has 0 radical (unpaired) electrons. The molecule has 0 unspecified atom stereocenters. The van der Waals surface area contributed by atoms with Gasteiger partial charge in [-0.2, -0.15) is 0 Å². The number of aromatic amines is 1. The molecule has 182 valence electrons. The van der Waals surface area contributed by atoms with Crippen molar-refractivity contribution in [2.75, 3.05) is 18.4 Å². The first-order chi connectivity index (χ1) is 16.9. The van der Waals surface area contributed by atoms with E-state index in [1.165, 1.54) is 4.57 Å². The largest absolute Gasteiger partial charge is 0.348 e. The smallest absolute Gasteiger partial charge is 0.329 e. The third kappa shape index (κ3) is 4.68. The molecule has 1 saturated heterocycles. The number of likely N-dealkylation sites (tertiary alicyclic amines) is 1. The highest BCUT2D eigenvalue weighted by Crippen LogP contribution is 2.39. The van der Waals surface area contributed by atoms with Gasteiger partial charge in [0.2, 0.25) is 0 Å². The highest BCUT2D eigenvalue weighted by atomic mass is 16.2. The summed E-state index contributed by atoms with van der Waals surface area (Å²) < 4.78 is 1.38. The van der Waals surface area contributed by atoms with Crippen molar-refractivity contribution in [2.24, 2.45) is 0 Å². The van der Waals surface area contributed by atoms with E-state index in [1.54, 1.807) is 24.0 Å². The number of hydrogen-bond donors (Lipinski definition) is 3. The monoisotopic (exact) mass is 476 g/mol. The molecule has 3 N–H and O–H groups in total. The van der Waals surface area contributed by atoms with Gasteiger partial charge in [0.05, 0.1) is 10.9 Å². The predicted molar refractivity (Wildman–Crippen MR) is 132 cm³/mol. The Bertz CT molecular complexity index is 1420. The molecule has 3 aromatic rings. The third-order valence-electron chi connectivity index (χ3n) is 6.55. The van der Waals surface area contributed by atoms with Gasteiger partial charge in [-0.25, -0.2) is 14.6 Å². The summed E-state index contributed by atoms with van der Waals surface area (Å²) in [4.78, 5) is 59.3. The van der Waals surface area contributed by atoms with Crippen molar-refractivity contribution in [1.82, 2.24) is 24.8 Å². The van der Waals surface area contributed by atoms with Gasteiger partial charge < -0.3 is 15.5 Å². The number of benzene rings is 1. The lowest BCUT2D eigenvalue weighted by atomic mass is 10.1. The molecule has 10 nitrogen and oxygen atoms in total. The number of carbonyl (C=O) groups is 2. The average molecular weight is 477 g/mol. The molecule has 1 aromatic carbocycles. The Labute approximate surface area is 201 Å². The average Bonchev–Trinajstić information content (AvgIpc) is 3.55. The molecule has 3 heterocycles. The Morgan fingerprint density at radius 2 is 1.91 bits per heavy atom. The molecular formula is C25H28N6O4. The number of rotatable bonds is 6. The zero-order valence-electron chi connectivity index (χ0n) is 19.6. The minimum absolute atomic E-state index is 0.111. The fourth-order valence-electron chi connectivity index (χ4n) is 4.51. The number of H-pyrrole nitrogens is 1. The molecule has 3 amide bonds. The Hall–Kier alpha value is -3.95. The van der Waals surface area contributed by atoms with Crippen LogP contribution in [0.2, 0.25) is 0 Å². The molecule has 0 spiro atoms. The molecule has 5 rings (SSSR count). The van der Waals surface area contributed by atoms with Crippen LogP contribution >= 0.6 is 0 Å². The van der Waals surface area contributed by atoms with E-state index in [-0.39, 0.29) is 35.1 Å². The van der Waals surface area contributed by atoms with Gasteiger partial charge in [-0.1, -0.05) is 12.1 Å². The van der Waals surface area contributed by atoms with Gasteiger partial charge in [0.1, 0.15) is 0 Å². The molecule has 10 heteroatoms. The molecule has 2 aliphatic rings. The predicted octanol–water partition coefficient (Wildman–Crippen LogP) is 2.54. The first-order valence-electron chi connectivity index (χ1n) is 12.1. The summed E-state index contributed by atoms with van der Waals surface area (Å²) in [5.41, 5.74) is 1.47. The van der Waals surface area contributed by atoms with Gasteiger partial charge in [-0.05, 0) is 56.4 Å². The van der Waals surface area contributed by atoms with Crippen molar-refractivity contribution < 1.29 is 9.59 Å². The molecule has 0 bridgehead atoms. The van der Waals surface area contributed by atoms with E-state index in [1.807, 2.05) is 18.2 Å². The van der Waals surface area contributed by atoms with E-state index in [2.05, 4.69) is 20.6 Å². The van der Waals surface area contributed by atoms with Gasteiger partial charge in [0, 0.05) is 43.5 Å². The van der Waals surface area contributed by atoms with Crippen molar-refractivity contribution in [3.63, 3.8) is 0 Å². The fourth-order valence-corrected chi connectivity index (χ4v) is 4.51. The number of nitrogens with zero attached hydrogens (tertiary/aromatic N) is 3. The van der Waals surface area contributed by atoms with E-state index in [9.17, 15) is 19.2 Å². The SMILES string of the molecule is CCn1c(=O)[nH]c(=O)c2c(C(=O)NCc3cccc(NC(=O)N4CCCC4)c3)cc(C3CC3)nc21. The maximum atomic E-state index is 13.2. The van der Waals surface area contributed by atoms with Gasteiger partial charge in [-0.15, -0.1) is 0 Å². The summed E-state index contributed by atoms with van der Waals surface area (Å²) in [7, 11) is 0. The normalized spacial score (nSPS) is 15.4. The standard InChI is InChI=1S/C25H28N6O4/c1-2-31-21-20(23(33)29-25(31)35)18(13-19(28-21)16-8-9-16)22(32)26-14-15-6-5-7-17(12-15)27-24(34)30-10-3-4-11-30/h5-7,12-13,16H,2-4,8-11,14H2,1H3,(H,26,32)(H,27,34)(H,29,33,35).